The molecule has 0 bridgehead atoms. The molecule has 0 unspecified atom stereocenters. The molecule has 118 valence electrons. The Morgan fingerprint density at radius 1 is 1.05 bits per heavy atom. The molecule has 1 aromatic rings. The predicted octanol–water partition coefficient (Wildman–Crippen LogP) is 2.25. The van der Waals surface area contributed by atoms with Gasteiger partial charge in [-0.3, -0.25) is 14.8 Å². The lowest BCUT2D eigenvalue weighted by Gasteiger charge is -2.07. The van der Waals surface area contributed by atoms with Crippen LogP contribution in [0.1, 0.15) is 32.1 Å². The summed E-state index contributed by atoms with van der Waals surface area (Å²) in [5.74, 6) is 0.0482. The number of sulfonamides is 1. The van der Waals surface area contributed by atoms with Crippen LogP contribution in [0.5, 0.6) is 0 Å². The van der Waals surface area contributed by atoms with Gasteiger partial charge in [-0.1, -0.05) is 19.3 Å². The highest BCUT2D eigenvalue weighted by Crippen LogP contribution is 2.17. The second kappa shape index (κ2) is 8.58. The number of nitrogens with one attached hydrogen (secondary N) is 1. The molecule has 0 radical (unpaired) electrons. The fraction of sp³-hybridized carbons (Fsp3) is 0.538. The lowest BCUT2D eigenvalue weighted by atomic mass is 10.2. The predicted molar refractivity (Wildman–Crippen MR) is 82.6 cm³/mol. The van der Waals surface area contributed by atoms with Crippen LogP contribution in [-0.2, 0) is 10.0 Å². The van der Waals surface area contributed by atoms with Crippen molar-refractivity contribution in [2.24, 2.45) is 5.73 Å². The van der Waals surface area contributed by atoms with Crippen LogP contribution in [0.15, 0.2) is 24.3 Å². The highest BCUT2D eigenvalue weighted by molar-refractivity contribution is 7.92. The minimum absolute atomic E-state index is 0.0482. The van der Waals surface area contributed by atoms with Gasteiger partial charge in [0.15, 0.2) is 0 Å². The molecule has 0 amide bonds. The summed E-state index contributed by atoms with van der Waals surface area (Å²) in [5, 5.41) is 10.5. The van der Waals surface area contributed by atoms with Gasteiger partial charge in [0.25, 0.3) is 5.69 Å². The van der Waals surface area contributed by atoms with E-state index in [1.807, 2.05) is 0 Å². The first-order chi connectivity index (χ1) is 9.94. The largest absolute Gasteiger partial charge is 0.330 e. The highest BCUT2D eigenvalue weighted by atomic mass is 32.2. The van der Waals surface area contributed by atoms with E-state index in [4.69, 9.17) is 5.73 Å². The molecule has 0 fully saturated rings. The first kappa shape index (κ1) is 17.4. The summed E-state index contributed by atoms with van der Waals surface area (Å²) in [6.07, 6.45) is 4.40. The topological polar surface area (TPSA) is 115 Å². The van der Waals surface area contributed by atoms with Crippen molar-refractivity contribution in [3.8, 4) is 0 Å². The van der Waals surface area contributed by atoms with Gasteiger partial charge in [-0.25, -0.2) is 8.42 Å². The van der Waals surface area contributed by atoms with E-state index in [1.54, 1.807) is 0 Å². The fourth-order valence-corrected chi connectivity index (χ4v) is 3.03. The van der Waals surface area contributed by atoms with Crippen molar-refractivity contribution in [3.63, 3.8) is 0 Å². The minimum atomic E-state index is -3.41. The first-order valence-corrected chi connectivity index (χ1v) is 8.55. The summed E-state index contributed by atoms with van der Waals surface area (Å²) in [5.41, 5.74) is 5.65. The Labute approximate surface area is 124 Å². The van der Waals surface area contributed by atoms with Gasteiger partial charge in [-0.15, -0.1) is 0 Å². The van der Waals surface area contributed by atoms with Crippen LogP contribution in [0, 0.1) is 10.1 Å². The van der Waals surface area contributed by atoms with Crippen LogP contribution in [0.2, 0.25) is 0 Å². The molecule has 0 saturated heterocycles. The number of non-ortho nitro benzene ring substituents is 1. The number of nitrogens with zero attached hydrogens (tertiary/aromatic N) is 1. The zero-order chi connectivity index (χ0) is 15.7. The van der Waals surface area contributed by atoms with Crippen LogP contribution in [0.25, 0.3) is 0 Å². The fourth-order valence-electron chi connectivity index (χ4n) is 1.85. The van der Waals surface area contributed by atoms with Crippen LogP contribution >= 0.6 is 0 Å². The highest BCUT2D eigenvalue weighted by Gasteiger charge is 2.11. The number of anilines is 1. The van der Waals surface area contributed by atoms with Crippen molar-refractivity contribution >= 4 is 21.4 Å². The maximum Gasteiger partial charge on any atom is 0.269 e. The van der Waals surface area contributed by atoms with Crippen molar-refractivity contribution in [2.75, 3.05) is 17.0 Å². The van der Waals surface area contributed by atoms with E-state index in [1.165, 1.54) is 24.3 Å². The van der Waals surface area contributed by atoms with Gasteiger partial charge < -0.3 is 5.73 Å². The first-order valence-electron chi connectivity index (χ1n) is 6.89. The van der Waals surface area contributed by atoms with Gasteiger partial charge in [0.1, 0.15) is 0 Å². The number of rotatable bonds is 10. The molecule has 1 rings (SSSR count). The molecular weight excluding hydrogens is 294 g/mol. The van der Waals surface area contributed by atoms with Gasteiger partial charge in [-0.2, -0.15) is 0 Å². The summed E-state index contributed by atoms with van der Waals surface area (Å²) in [4.78, 5) is 9.98. The maximum absolute atomic E-state index is 11.8. The maximum atomic E-state index is 11.8. The number of nitro benzene ring substituents is 1. The van der Waals surface area contributed by atoms with Gasteiger partial charge in [0.05, 0.1) is 10.7 Å². The molecular formula is C13H21N3O4S. The van der Waals surface area contributed by atoms with Gasteiger partial charge in [0, 0.05) is 17.8 Å². The zero-order valence-electron chi connectivity index (χ0n) is 11.8. The van der Waals surface area contributed by atoms with Gasteiger partial charge in [-0.05, 0) is 31.5 Å². The lowest BCUT2D eigenvalue weighted by molar-refractivity contribution is -0.384. The molecule has 8 heteroatoms. The van der Waals surface area contributed by atoms with E-state index in [9.17, 15) is 18.5 Å². The molecule has 0 atom stereocenters. The third kappa shape index (κ3) is 7.05. The van der Waals surface area contributed by atoms with Crippen molar-refractivity contribution in [1.82, 2.24) is 0 Å². The normalized spacial score (nSPS) is 11.3. The summed E-state index contributed by atoms with van der Waals surface area (Å²) in [7, 11) is -3.41. The Bertz CT molecular complexity index is 543. The van der Waals surface area contributed by atoms with Crippen LogP contribution in [-0.4, -0.2) is 25.6 Å². The zero-order valence-corrected chi connectivity index (χ0v) is 12.6. The van der Waals surface area contributed by atoms with E-state index in [-0.39, 0.29) is 11.4 Å². The molecule has 0 spiro atoms. The van der Waals surface area contributed by atoms with Crippen molar-refractivity contribution in [1.29, 1.82) is 0 Å². The Morgan fingerprint density at radius 2 is 1.62 bits per heavy atom. The quantitative estimate of drug-likeness (QED) is 0.390. The second-order valence-electron chi connectivity index (χ2n) is 4.78. The average Bonchev–Trinajstić information content (AvgIpc) is 2.43. The molecule has 0 aromatic heterocycles. The molecule has 3 N–H and O–H groups in total. The number of hydrogen-bond donors (Lipinski definition) is 2. The van der Waals surface area contributed by atoms with Crippen LogP contribution in [0.4, 0.5) is 11.4 Å². The summed E-state index contributed by atoms with van der Waals surface area (Å²) >= 11 is 0. The van der Waals surface area contributed by atoms with Gasteiger partial charge >= 0.3 is 0 Å². The van der Waals surface area contributed by atoms with Crippen molar-refractivity contribution in [2.45, 2.75) is 32.1 Å². The van der Waals surface area contributed by atoms with E-state index >= 15 is 0 Å². The summed E-state index contributed by atoms with van der Waals surface area (Å²) in [6, 6.07) is 5.31. The smallest absolute Gasteiger partial charge is 0.269 e. The third-order valence-electron chi connectivity index (χ3n) is 2.97. The van der Waals surface area contributed by atoms with E-state index in [0.29, 0.717) is 18.7 Å². The van der Waals surface area contributed by atoms with E-state index < -0.39 is 14.9 Å². The monoisotopic (exact) mass is 315 g/mol. The van der Waals surface area contributed by atoms with Crippen LogP contribution in [0.3, 0.4) is 0 Å². The number of nitrogens with two attached hydrogens (primary N) is 1. The summed E-state index contributed by atoms with van der Waals surface area (Å²) in [6.45, 7) is 0.667. The number of unbranched alkanes of at least 4 members (excludes halogenated alkanes) is 4. The van der Waals surface area contributed by atoms with Crippen molar-refractivity contribution < 1.29 is 13.3 Å². The Morgan fingerprint density at radius 3 is 2.19 bits per heavy atom. The molecule has 0 aliphatic heterocycles. The average molecular weight is 315 g/mol. The van der Waals surface area contributed by atoms with Crippen LogP contribution < -0.4 is 10.5 Å². The van der Waals surface area contributed by atoms with E-state index in [2.05, 4.69) is 4.72 Å². The summed E-state index contributed by atoms with van der Waals surface area (Å²) < 4.78 is 26.1. The molecule has 0 heterocycles. The van der Waals surface area contributed by atoms with E-state index in [0.717, 1.165) is 25.7 Å². The number of nitro groups is 1. The second-order valence-corrected chi connectivity index (χ2v) is 6.62. The SMILES string of the molecule is NCCCCCCCS(=O)(=O)Nc1ccc([N+](=O)[O-])cc1. The molecule has 0 aliphatic carbocycles. The third-order valence-corrected chi connectivity index (χ3v) is 4.34. The number of benzene rings is 1. The van der Waals surface area contributed by atoms with Crippen molar-refractivity contribution in [3.05, 3.63) is 34.4 Å². The molecule has 7 nitrogen and oxygen atoms in total. The molecule has 0 aliphatic rings. The standard InChI is InChI=1S/C13H21N3O4S/c14-10-4-2-1-3-5-11-21(19,20)15-12-6-8-13(9-7-12)16(17)18/h6-9,15H,1-5,10-11,14H2. The molecule has 1 aromatic carbocycles. The molecule has 21 heavy (non-hydrogen) atoms. The molecule has 0 saturated carbocycles. The Hall–Kier alpha value is -1.67. The lowest BCUT2D eigenvalue weighted by Crippen LogP contribution is -2.16. The number of hydrogen-bond acceptors (Lipinski definition) is 5. The Kier molecular flexibility index (Phi) is 7.10. The Balaban J connectivity index is 2.39. The van der Waals surface area contributed by atoms with Gasteiger partial charge in [0.2, 0.25) is 10.0 Å². The minimum Gasteiger partial charge on any atom is -0.330 e.